The number of hydrogen-bond donors (Lipinski definition) is 1. The molecule has 14 heavy (non-hydrogen) atoms. The van der Waals surface area contributed by atoms with Crippen LogP contribution < -0.4 is 5.73 Å². The molecular weight excluding hydrogens is 205 g/mol. The highest BCUT2D eigenvalue weighted by atomic mass is 35.5. The summed E-state index contributed by atoms with van der Waals surface area (Å²) >= 11 is 0. The smallest absolute Gasteiger partial charge is 0.123 e. The van der Waals surface area contributed by atoms with Crippen molar-refractivity contribution >= 4 is 12.4 Å². The van der Waals surface area contributed by atoms with Crippen LogP contribution in [-0.4, -0.2) is 13.2 Å². The largest absolute Gasteiger partial charge is 0.379 e. The molecule has 1 heterocycles. The standard InChI is InChI=1S/C10H12FNO.ClH/c11-9-3-1-2-8(6-9)10(12)4-5-13-7-10;/h1-3,6H,4-5,7,12H2;1H. The minimum absolute atomic E-state index is 0. The molecule has 1 fully saturated rings. The molecule has 2 nitrogen and oxygen atoms in total. The van der Waals surface area contributed by atoms with E-state index in [1.807, 2.05) is 6.07 Å². The topological polar surface area (TPSA) is 35.2 Å². The van der Waals surface area contributed by atoms with Gasteiger partial charge in [0, 0.05) is 6.61 Å². The van der Waals surface area contributed by atoms with Gasteiger partial charge >= 0.3 is 0 Å². The van der Waals surface area contributed by atoms with Crippen LogP contribution in [0.4, 0.5) is 4.39 Å². The third kappa shape index (κ3) is 2.05. The molecule has 1 aromatic rings. The van der Waals surface area contributed by atoms with Crippen LogP contribution >= 0.6 is 12.4 Å². The van der Waals surface area contributed by atoms with Gasteiger partial charge in [-0.2, -0.15) is 0 Å². The Bertz CT molecular complexity index is 313. The Morgan fingerprint density at radius 3 is 2.79 bits per heavy atom. The molecule has 0 amide bonds. The van der Waals surface area contributed by atoms with Crippen LogP contribution in [0.5, 0.6) is 0 Å². The second-order valence-corrected chi connectivity index (χ2v) is 3.47. The van der Waals surface area contributed by atoms with Crippen molar-refractivity contribution in [2.45, 2.75) is 12.0 Å². The Balaban J connectivity index is 0.000000980. The van der Waals surface area contributed by atoms with E-state index >= 15 is 0 Å². The van der Waals surface area contributed by atoms with Gasteiger partial charge in [-0.15, -0.1) is 12.4 Å². The van der Waals surface area contributed by atoms with Gasteiger partial charge in [0.15, 0.2) is 0 Å². The van der Waals surface area contributed by atoms with Crippen molar-refractivity contribution in [2.24, 2.45) is 5.73 Å². The zero-order valence-electron chi connectivity index (χ0n) is 7.70. The molecule has 1 aromatic carbocycles. The van der Waals surface area contributed by atoms with Gasteiger partial charge in [0.2, 0.25) is 0 Å². The molecule has 1 aliphatic rings. The highest BCUT2D eigenvalue weighted by molar-refractivity contribution is 5.85. The number of benzene rings is 1. The maximum atomic E-state index is 12.9. The highest BCUT2D eigenvalue weighted by Crippen LogP contribution is 2.27. The summed E-state index contributed by atoms with van der Waals surface area (Å²) < 4.78 is 18.1. The second-order valence-electron chi connectivity index (χ2n) is 3.47. The van der Waals surface area contributed by atoms with Crippen molar-refractivity contribution in [3.8, 4) is 0 Å². The molecule has 78 valence electrons. The molecule has 1 aliphatic heterocycles. The molecule has 4 heteroatoms. The van der Waals surface area contributed by atoms with Crippen molar-refractivity contribution in [3.05, 3.63) is 35.6 Å². The Labute approximate surface area is 88.7 Å². The van der Waals surface area contributed by atoms with E-state index in [0.717, 1.165) is 12.0 Å². The van der Waals surface area contributed by atoms with E-state index in [-0.39, 0.29) is 18.2 Å². The quantitative estimate of drug-likeness (QED) is 0.779. The monoisotopic (exact) mass is 217 g/mol. The third-order valence-electron chi connectivity index (χ3n) is 2.45. The Morgan fingerprint density at radius 1 is 1.43 bits per heavy atom. The SMILES string of the molecule is Cl.NC1(c2cccc(F)c2)CCOC1. The average molecular weight is 218 g/mol. The molecule has 0 bridgehead atoms. The van der Waals surface area contributed by atoms with Crippen molar-refractivity contribution in [2.75, 3.05) is 13.2 Å². The summed E-state index contributed by atoms with van der Waals surface area (Å²) in [5.41, 5.74) is 6.40. The zero-order valence-corrected chi connectivity index (χ0v) is 8.52. The van der Waals surface area contributed by atoms with Gasteiger partial charge in [0.05, 0.1) is 12.1 Å². The first-order chi connectivity index (χ1) is 6.21. The second kappa shape index (κ2) is 4.26. The van der Waals surface area contributed by atoms with Gasteiger partial charge in [-0.25, -0.2) is 4.39 Å². The first-order valence-corrected chi connectivity index (χ1v) is 4.33. The van der Waals surface area contributed by atoms with Crippen molar-refractivity contribution in [3.63, 3.8) is 0 Å². The first-order valence-electron chi connectivity index (χ1n) is 4.33. The summed E-state index contributed by atoms with van der Waals surface area (Å²) in [5.74, 6) is -0.241. The van der Waals surface area contributed by atoms with Gasteiger partial charge in [-0.05, 0) is 24.1 Å². The Hall–Kier alpha value is -0.640. The molecule has 1 unspecified atom stereocenters. The molecule has 2 N–H and O–H groups in total. The predicted molar refractivity (Wildman–Crippen MR) is 54.9 cm³/mol. The predicted octanol–water partition coefficient (Wildman–Crippen LogP) is 1.82. The Morgan fingerprint density at radius 2 is 2.21 bits per heavy atom. The molecule has 1 atom stereocenters. The lowest BCUT2D eigenvalue weighted by Gasteiger charge is -2.21. The number of ether oxygens (including phenoxy) is 1. The summed E-state index contributed by atoms with van der Waals surface area (Å²) in [4.78, 5) is 0. The maximum absolute atomic E-state index is 12.9. The van der Waals surface area contributed by atoms with E-state index in [9.17, 15) is 4.39 Å². The van der Waals surface area contributed by atoms with E-state index < -0.39 is 5.54 Å². The zero-order chi connectivity index (χ0) is 9.31. The summed E-state index contributed by atoms with van der Waals surface area (Å²) in [6.07, 6.45) is 0.760. The molecular formula is C10H13ClFNO. The maximum Gasteiger partial charge on any atom is 0.123 e. The van der Waals surface area contributed by atoms with E-state index in [2.05, 4.69) is 0 Å². The third-order valence-corrected chi connectivity index (χ3v) is 2.45. The van der Waals surface area contributed by atoms with Crippen LogP contribution in [0.3, 0.4) is 0 Å². The number of halogens is 2. The van der Waals surface area contributed by atoms with Crippen molar-refractivity contribution < 1.29 is 9.13 Å². The first kappa shape index (κ1) is 11.4. The summed E-state index contributed by atoms with van der Waals surface area (Å²) in [5, 5.41) is 0. The van der Waals surface area contributed by atoms with E-state index in [1.54, 1.807) is 6.07 Å². The lowest BCUT2D eigenvalue weighted by Crippen LogP contribution is -2.37. The number of hydrogen-bond acceptors (Lipinski definition) is 2. The minimum Gasteiger partial charge on any atom is -0.379 e. The van der Waals surface area contributed by atoms with Crippen LogP contribution in [0.1, 0.15) is 12.0 Å². The number of rotatable bonds is 1. The molecule has 2 rings (SSSR count). The molecule has 0 spiro atoms. The number of nitrogens with two attached hydrogens (primary N) is 1. The van der Waals surface area contributed by atoms with Gasteiger partial charge in [0.1, 0.15) is 5.82 Å². The molecule has 0 aliphatic carbocycles. The van der Waals surface area contributed by atoms with Crippen molar-refractivity contribution in [1.82, 2.24) is 0 Å². The fraction of sp³-hybridized carbons (Fsp3) is 0.400. The van der Waals surface area contributed by atoms with Gasteiger partial charge < -0.3 is 10.5 Å². The van der Waals surface area contributed by atoms with Crippen LogP contribution in [0.25, 0.3) is 0 Å². The lowest BCUT2D eigenvalue weighted by atomic mass is 9.90. The van der Waals surface area contributed by atoms with Gasteiger partial charge in [0.25, 0.3) is 0 Å². The fourth-order valence-electron chi connectivity index (χ4n) is 1.61. The minimum atomic E-state index is -0.484. The highest BCUT2D eigenvalue weighted by Gasteiger charge is 2.32. The van der Waals surface area contributed by atoms with Gasteiger partial charge in [-0.1, -0.05) is 12.1 Å². The van der Waals surface area contributed by atoms with Gasteiger partial charge in [-0.3, -0.25) is 0 Å². The van der Waals surface area contributed by atoms with E-state index in [0.29, 0.717) is 13.2 Å². The van der Waals surface area contributed by atoms with E-state index in [1.165, 1.54) is 12.1 Å². The summed E-state index contributed by atoms with van der Waals surface area (Å²) in [6.45, 7) is 1.14. The molecule has 0 aromatic heterocycles. The van der Waals surface area contributed by atoms with Crippen LogP contribution in [0.15, 0.2) is 24.3 Å². The molecule has 1 saturated heterocycles. The average Bonchev–Trinajstić information content (AvgIpc) is 2.54. The van der Waals surface area contributed by atoms with Crippen LogP contribution in [0.2, 0.25) is 0 Å². The van der Waals surface area contributed by atoms with Crippen LogP contribution in [-0.2, 0) is 10.3 Å². The van der Waals surface area contributed by atoms with Crippen molar-refractivity contribution in [1.29, 1.82) is 0 Å². The van der Waals surface area contributed by atoms with E-state index in [4.69, 9.17) is 10.5 Å². The fourth-order valence-corrected chi connectivity index (χ4v) is 1.61. The summed E-state index contributed by atoms with van der Waals surface area (Å²) in [6, 6.07) is 6.42. The normalized spacial score (nSPS) is 25.9. The molecule has 0 radical (unpaired) electrons. The molecule has 0 saturated carbocycles. The Kier molecular flexibility index (Phi) is 3.48. The van der Waals surface area contributed by atoms with Crippen LogP contribution in [0, 0.1) is 5.82 Å². The summed E-state index contributed by atoms with van der Waals surface area (Å²) in [7, 11) is 0. The lowest BCUT2D eigenvalue weighted by molar-refractivity contribution is 0.178.